The van der Waals surface area contributed by atoms with E-state index in [1.807, 2.05) is 0 Å². The van der Waals surface area contributed by atoms with Gasteiger partial charge in [0.1, 0.15) is 11.4 Å². The first-order valence-corrected chi connectivity index (χ1v) is 7.21. The van der Waals surface area contributed by atoms with Crippen LogP contribution in [-0.4, -0.2) is 37.2 Å². The lowest BCUT2D eigenvalue weighted by Gasteiger charge is -2.34. The van der Waals surface area contributed by atoms with Gasteiger partial charge in [-0.3, -0.25) is 0 Å². The summed E-state index contributed by atoms with van der Waals surface area (Å²) in [6.45, 7) is 7.36. The number of piperidine rings is 1. The van der Waals surface area contributed by atoms with E-state index in [0.717, 1.165) is 32.5 Å². The molecule has 2 heterocycles. The Morgan fingerprint density at radius 3 is 2.95 bits per heavy atom. The highest BCUT2D eigenvalue weighted by Gasteiger charge is 2.27. The molecule has 1 aliphatic heterocycles. The van der Waals surface area contributed by atoms with E-state index in [1.54, 1.807) is 25.3 Å². The van der Waals surface area contributed by atoms with E-state index in [4.69, 9.17) is 4.74 Å². The molecule has 0 bridgehead atoms. The molecule has 5 heteroatoms. The minimum atomic E-state index is -0.321. The molecule has 0 aromatic carbocycles. The fourth-order valence-corrected chi connectivity index (χ4v) is 2.42. The molecule has 0 aliphatic carbocycles. The summed E-state index contributed by atoms with van der Waals surface area (Å²) in [6.07, 6.45) is 3.94. The molecule has 1 aromatic rings. The molecule has 1 aromatic heterocycles. The van der Waals surface area contributed by atoms with Gasteiger partial charge in [-0.25, -0.2) is 9.78 Å². The maximum atomic E-state index is 11.9. The number of nitrogens with one attached hydrogen (secondary N) is 2. The second-order valence-electron chi connectivity index (χ2n) is 5.53. The highest BCUT2D eigenvalue weighted by molar-refractivity contribution is 5.94. The second kappa shape index (κ2) is 6.70. The first kappa shape index (κ1) is 14.8. The number of rotatable bonds is 5. The number of carbonyl (C=O) groups is 1. The van der Waals surface area contributed by atoms with Crippen molar-refractivity contribution < 1.29 is 9.53 Å². The largest absolute Gasteiger partial charge is 0.462 e. The zero-order valence-electron chi connectivity index (χ0n) is 12.2. The zero-order valence-corrected chi connectivity index (χ0v) is 12.2. The number of esters is 1. The fraction of sp³-hybridized carbons (Fsp3) is 0.600. The number of pyridine rings is 1. The Morgan fingerprint density at radius 1 is 1.50 bits per heavy atom. The third-order valence-corrected chi connectivity index (χ3v) is 3.80. The van der Waals surface area contributed by atoms with Gasteiger partial charge in [-0.05, 0) is 50.4 Å². The van der Waals surface area contributed by atoms with Crippen LogP contribution < -0.4 is 10.6 Å². The van der Waals surface area contributed by atoms with Crippen LogP contribution in [-0.2, 0) is 4.74 Å². The van der Waals surface area contributed by atoms with E-state index < -0.39 is 0 Å². The molecule has 1 saturated heterocycles. The van der Waals surface area contributed by atoms with Crippen molar-refractivity contribution in [3.8, 4) is 0 Å². The Morgan fingerprint density at radius 2 is 2.25 bits per heavy atom. The number of hydrogen-bond donors (Lipinski definition) is 2. The highest BCUT2D eigenvalue weighted by atomic mass is 16.5. The van der Waals surface area contributed by atoms with Crippen LogP contribution in [0.4, 0.5) is 5.82 Å². The van der Waals surface area contributed by atoms with Crippen LogP contribution in [0.2, 0.25) is 0 Å². The predicted molar refractivity (Wildman–Crippen MR) is 78.9 cm³/mol. The van der Waals surface area contributed by atoms with Gasteiger partial charge in [0.2, 0.25) is 0 Å². The topological polar surface area (TPSA) is 63.2 Å². The number of nitrogens with zero attached hydrogens (tertiary/aromatic N) is 1. The van der Waals surface area contributed by atoms with Crippen LogP contribution in [0.15, 0.2) is 18.3 Å². The van der Waals surface area contributed by atoms with Crippen LogP contribution in [0.1, 0.15) is 37.0 Å². The van der Waals surface area contributed by atoms with Crippen LogP contribution in [0, 0.1) is 5.41 Å². The molecule has 2 N–H and O–H groups in total. The monoisotopic (exact) mass is 277 g/mol. The van der Waals surface area contributed by atoms with Crippen LogP contribution in [0.3, 0.4) is 0 Å². The number of anilines is 1. The average Bonchev–Trinajstić information content (AvgIpc) is 2.47. The smallest absolute Gasteiger partial charge is 0.341 e. The molecule has 0 atom stereocenters. The average molecular weight is 277 g/mol. The summed E-state index contributed by atoms with van der Waals surface area (Å²) < 4.78 is 5.06. The van der Waals surface area contributed by atoms with Crippen molar-refractivity contribution in [1.29, 1.82) is 0 Å². The van der Waals surface area contributed by atoms with Crippen molar-refractivity contribution >= 4 is 11.8 Å². The summed E-state index contributed by atoms with van der Waals surface area (Å²) in [5.74, 6) is 0.296. The minimum Gasteiger partial charge on any atom is -0.462 e. The molecule has 0 spiro atoms. The van der Waals surface area contributed by atoms with Gasteiger partial charge in [-0.1, -0.05) is 6.92 Å². The SMILES string of the molecule is CCOC(=O)c1cccnc1NCC1(C)CCNCC1. The maximum Gasteiger partial charge on any atom is 0.341 e. The Labute approximate surface area is 120 Å². The van der Waals surface area contributed by atoms with Gasteiger partial charge in [0.25, 0.3) is 0 Å². The number of aromatic nitrogens is 1. The summed E-state index contributed by atoms with van der Waals surface area (Å²) in [7, 11) is 0. The summed E-state index contributed by atoms with van der Waals surface area (Å²) >= 11 is 0. The summed E-state index contributed by atoms with van der Waals surface area (Å²) in [4.78, 5) is 16.2. The van der Waals surface area contributed by atoms with Gasteiger partial charge in [0.05, 0.1) is 6.61 Å². The second-order valence-corrected chi connectivity index (χ2v) is 5.53. The maximum absolute atomic E-state index is 11.9. The molecule has 0 radical (unpaired) electrons. The van der Waals surface area contributed by atoms with E-state index in [-0.39, 0.29) is 11.4 Å². The van der Waals surface area contributed by atoms with Gasteiger partial charge in [0.15, 0.2) is 0 Å². The number of ether oxygens (including phenoxy) is 1. The van der Waals surface area contributed by atoms with Gasteiger partial charge >= 0.3 is 5.97 Å². The number of hydrogen-bond acceptors (Lipinski definition) is 5. The first-order valence-electron chi connectivity index (χ1n) is 7.21. The Kier molecular flexibility index (Phi) is 4.95. The minimum absolute atomic E-state index is 0.245. The van der Waals surface area contributed by atoms with Gasteiger partial charge in [-0.2, -0.15) is 0 Å². The Hall–Kier alpha value is -1.62. The summed E-state index contributed by atoms with van der Waals surface area (Å²) in [5, 5.41) is 6.69. The third kappa shape index (κ3) is 3.70. The van der Waals surface area contributed by atoms with E-state index in [2.05, 4.69) is 22.5 Å². The molecule has 0 unspecified atom stereocenters. The fourth-order valence-electron chi connectivity index (χ4n) is 2.42. The van der Waals surface area contributed by atoms with E-state index in [9.17, 15) is 4.79 Å². The molecule has 0 saturated carbocycles. The standard InChI is InChI=1S/C15H23N3O2/c1-3-20-14(19)12-5-4-8-17-13(12)18-11-15(2)6-9-16-10-7-15/h4-5,8,16H,3,6-7,9-11H2,1-2H3,(H,17,18). The molecule has 1 fully saturated rings. The van der Waals surface area contributed by atoms with Gasteiger partial charge in [-0.15, -0.1) is 0 Å². The van der Waals surface area contributed by atoms with E-state index in [1.165, 1.54) is 0 Å². The Balaban J connectivity index is 2.03. The molecule has 20 heavy (non-hydrogen) atoms. The van der Waals surface area contributed by atoms with Gasteiger partial charge in [0, 0.05) is 12.7 Å². The molecule has 2 rings (SSSR count). The van der Waals surface area contributed by atoms with Crippen molar-refractivity contribution in [2.45, 2.75) is 26.7 Å². The number of carbonyl (C=O) groups excluding carboxylic acids is 1. The van der Waals surface area contributed by atoms with Crippen molar-refractivity contribution in [2.24, 2.45) is 5.41 Å². The van der Waals surface area contributed by atoms with Crippen molar-refractivity contribution in [3.05, 3.63) is 23.9 Å². The first-order chi connectivity index (χ1) is 9.64. The highest BCUT2D eigenvalue weighted by Crippen LogP contribution is 2.28. The third-order valence-electron chi connectivity index (χ3n) is 3.80. The lowest BCUT2D eigenvalue weighted by atomic mass is 9.81. The summed E-state index contributed by atoms with van der Waals surface area (Å²) in [6, 6.07) is 3.50. The summed E-state index contributed by atoms with van der Waals surface area (Å²) in [5.41, 5.74) is 0.751. The van der Waals surface area contributed by atoms with E-state index >= 15 is 0 Å². The lowest BCUT2D eigenvalue weighted by Crippen LogP contribution is -2.39. The molecule has 1 aliphatic rings. The molecule has 110 valence electrons. The Bertz CT molecular complexity index is 456. The quantitative estimate of drug-likeness (QED) is 0.807. The molecule has 0 amide bonds. The van der Waals surface area contributed by atoms with Crippen molar-refractivity contribution in [3.63, 3.8) is 0 Å². The van der Waals surface area contributed by atoms with Crippen LogP contribution in [0.5, 0.6) is 0 Å². The molecular weight excluding hydrogens is 254 g/mol. The lowest BCUT2D eigenvalue weighted by molar-refractivity contribution is 0.0527. The van der Waals surface area contributed by atoms with Crippen LogP contribution in [0.25, 0.3) is 0 Å². The van der Waals surface area contributed by atoms with Crippen LogP contribution >= 0.6 is 0 Å². The van der Waals surface area contributed by atoms with Gasteiger partial charge < -0.3 is 15.4 Å². The normalized spacial score (nSPS) is 17.5. The zero-order chi connectivity index (χ0) is 14.4. The van der Waals surface area contributed by atoms with Crippen molar-refractivity contribution in [1.82, 2.24) is 10.3 Å². The molecular formula is C15H23N3O2. The van der Waals surface area contributed by atoms with Crippen molar-refractivity contribution in [2.75, 3.05) is 31.6 Å². The molecule has 5 nitrogen and oxygen atoms in total. The van der Waals surface area contributed by atoms with E-state index in [0.29, 0.717) is 18.0 Å². The predicted octanol–water partition coefficient (Wildman–Crippen LogP) is 2.06.